The third kappa shape index (κ3) is 1.76. The van der Waals surface area contributed by atoms with Gasteiger partial charge in [-0.3, -0.25) is 0 Å². The molecule has 1 unspecified atom stereocenters. The summed E-state index contributed by atoms with van der Waals surface area (Å²) in [5.41, 5.74) is 2.40. The number of nitrogens with zero attached hydrogens (tertiary/aromatic N) is 2. The minimum Gasteiger partial charge on any atom is -0.236 e. The number of rotatable bonds is 1. The molecule has 1 aromatic rings. The van der Waals surface area contributed by atoms with E-state index in [1.54, 1.807) is 0 Å². The molecule has 1 aromatic heterocycles. The van der Waals surface area contributed by atoms with Crippen LogP contribution >= 0.6 is 23.4 Å². The van der Waals surface area contributed by atoms with Gasteiger partial charge in [0.25, 0.3) is 0 Å². The Morgan fingerprint density at radius 3 is 2.93 bits per heavy atom. The van der Waals surface area contributed by atoms with Gasteiger partial charge in [-0.1, -0.05) is 11.6 Å². The lowest BCUT2D eigenvalue weighted by Crippen LogP contribution is -2.03. The molecule has 1 atom stereocenters. The minimum absolute atomic E-state index is 0.494. The van der Waals surface area contributed by atoms with Crippen LogP contribution in [0.1, 0.15) is 41.6 Å². The van der Waals surface area contributed by atoms with E-state index in [1.807, 2.05) is 11.8 Å². The van der Waals surface area contributed by atoms with Crippen LogP contribution in [0.4, 0.5) is 0 Å². The maximum absolute atomic E-state index is 6.19. The smallest absolute Gasteiger partial charge is 0.143 e. The molecule has 0 saturated carbocycles. The van der Waals surface area contributed by atoms with Gasteiger partial charge in [0, 0.05) is 11.3 Å². The number of aromatic nitrogens is 2. The van der Waals surface area contributed by atoms with Gasteiger partial charge in [0.1, 0.15) is 11.0 Å². The van der Waals surface area contributed by atoms with Crippen LogP contribution in [0.2, 0.25) is 5.15 Å². The fraction of sp³-hybridized carbons (Fsp3) is 0.636. The van der Waals surface area contributed by atoms with Gasteiger partial charge in [-0.15, -0.1) is 0 Å². The highest BCUT2D eigenvalue weighted by Gasteiger charge is 2.24. The molecule has 15 heavy (non-hydrogen) atoms. The second-order valence-corrected chi connectivity index (χ2v) is 5.82. The molecule has 80 valence electrons. The molecule has 0 amide bonds. The van der Waals surface area contributed by atoms with E-state index in [2.05, 4.69) is 9.97 Å². The van der Waals surface area contributed by atoms with Gasteiger partial charge in [0.15, 0.2) is 0 Å². The monoisotopic (exact) mass is 240 g/mol. The fourth-order valence-corrected chi connectivity index (χ4v) is 3.83. The summed E-state index contributed by atoms with van der Waals surface area (Å²) in [6, 6.07) is 0. The Balaban J connectivity index is 1.99. The first-order valence-electron chi connectivity index (χ1n) is 5.51. The predicted octanol–water partition coefficient (Wildman–Crippen LogP) is 3.19. The number of halogens is 1. The number of thioether (sulfide) groups is 1. The van der Waals surface area contributed by atoms with Gasteiger partial charge in [-0.2, -0.15) is 11.8 Å². The lowest BCUT2D eigenvalue weighted by molar-refractivity contribution is 0.767. The Hall–Kier alpha value is -0.280. The van der Waals surface area contributed by atoms with Crippen LogP contribution in [0.15, 0.2) is 0 Å². The van der Waals surface area contributed by atoms with Crippen molar-refractivity contribution in [2.24, 2.45) is 0 Å². The summed E-state index contributed by atoms with van der Waals surface area (Å²) in [4.78, 5) is 9.14. The van der Waals surface area contributed by atoms with E-state index in [9.17, 15) is 0 Å². The highest BCUT2D eigenvalue weighted by atomic mass is 35.5. The molecular formula is C11H13ClN2S. The Labute approximate surface area is 98.8 Å². The lowest BCUT2D eigenvalue weighted by Gasteiger charge is -2.09. The largest absolute Gasteiger partial charge is 0.236 e. The zero-order valence-electron chi connectivity index (χ0n) is 8.50. The summed E-state index contributed by atoms with van der Waals surface area (Å²) < 4.78 is 0. The zero-order chi connectivity index (χ0) is 10.3. The lowest BCUT2D eigenvalue weighted by atomic mass is 10.2. The first-order valence-corrected chi connectivity index (χ1v) is 6.94. The Morgan fingerprint density at radius 1 is 1.20 bits per heavy atom. The van der Waals surface area contributed by atoms with Gasteiger partial charge in [-0.25, -0.2) is 9.97 Å². The van der Waals surface area contributed by atoms with Crippen molar-refractivity contribution in [1.82, 2.24) is 9.97 Å². The summed E-state index contributed by atoms with van der Waals surface area (Å²) in [6.45, 7) is 0. The van der Waals surface area contributed by atoms with Crippen LogP contribution in [-0.4, -0.2) is 15.7 Å². The van der Waals surface area contributed by atoms with Crippen molar-refractivity contribution in [1.29, 1.82) is 0 Å². The molecule has 2 nitrogen and oxygen atoms in total. The molecule has 4 heteroatoms. The van der Waals surface area contributed by atoms with E-state index in [-0.39, 0.29) is 0 Å². The van der Waals surface area contributed by atoms with Crippen LogP contribution in [0.3, 0.4) is 0 Å². The highest BCUT2D eigenvalue weighted by molar-refractivity contribution is 7.99. The second kappa shape index (κ2) is 3.95. The third-order valence-corrected chi connectivity index (χ3v) is 4.80. The first kappa shape index (κ1) is 9.91. The number of hydrogen-bond donors (Lipinski definition) is 0. The molecule has 1 aliphatic heterocycles. The topological polar surface area (TPSA) is 25.8 Å². The molecule has 0 spiro atoms. The molecule has 0 aromatic carbocycles. The van der Waals surface area contributed by atoms with Gasteiger partial charge in [0.2, 0.25) is 0 Å². The zero-order valence-corrected chi connectivity index (χ0v) is 10.1. The van der Waals surface area contributed by atoms with E-state index in [0.717, 1.165) is 18.7 Å². The van der Waals surface area contributed by atoms with Crippen LogP contribution in [-0.2, 0) is 12.8 Å². The Kier molecular flexibility index (Phi) is 2.61. The second-order valence-electron chi connectivity index (χ2n) is 4.15. The van der Waals surface area contributed by atoms with Crippen molar-refractivity contribution in [3.63, 3.8) is 0 Å². The normalized spacial score (nSPS) is 24.5. The Bertz CT molecular complexity index is 388. The van der Waals surface area contributed by atoms with Gasteiger partial charge in [-0.05, 0) is 37.9 Å². The van der Waals surface area contributed by atoms with Crippen molar-refractivity contribution in [3.05, 3.63) is 22.2 Å². The Morgan fingerprint density at radius 2 is 2.13 bits per heavy atom. The molecule has 0 bridgehead atoms. The molecule has 2 aliphatic rings. The summed E-state index contributed by atoms with van der Waals surface area (Å²) in [5.74, 6) is 2.21. The van der Waals surface area contributed by atoms with Gasteiger partial charge in [0.05, 0.1) is 5.25 Å². The molecule has 0 N–H and O–H groups in total. The third-order valence-electron chi connectivity index (χ3n) is 3.12. The summed E-state index contributed by atoms with van der Waals surface area (Å²) in [6.07, 6.45) is 5.83. The standard InChI is InChI=1S/C11H13ClN2S/c12-10-7-3-1-4-8(7)13-11(14-10)9-5-2-6-15-9/h9H,1-6H2. The van der Waals surface area contributed by atoms with Crippen LogP contribution in [0.5, 0.6) is 0 Å². The van der Waals surface area contributed by atoms with Crippen LogP contribution in [0, 0.1) is 0 Å². The maximum Gasteiger partial charge on any atom is 0.143 e. The summed E-state index contributed by atoms with van der Waals surface area (Å²) in [5, 5.41) is 1.20. The van der Waals surface area contributed by atoms with Crippen LogP contribution in [0.25, 0.3) is 0 Å². The molecule has 3 rings (SSSR count). The van der Waals surface area contributed by atoms with Crippen molar-refractivity contribution in [2.45, 2.75) is 37.4 Å². The molecule has 0 radical (unpaired) electrons. The average molecular weight is 241 g/mol. The molecule has 2 heterocycles. The predicted molar refractivity (Wildman–Crippen MR) is 63.5 cm³/mol. The minimum atomic E-state index is 0.494. The molecule has 1 aliphatic carbocycles. The SMILES string of the molecule is Clc1nc(C2CCCS2)nc2c1CCC2. The molecule has 1 fully saturated rings. The summed E-state index contributed by atoms with van der Waals surface area (Å²) in [7, 11) is 0. The van der Waals surface area contributed by atoms with Gasteiger partial charge < -0.3 is 0 Å². The van der Waals surface area contributed by atoms with Crippen LogP contribution < -0.4 is 0 Å². The van der Waals surface area contributed by atoms with Crippen molar-refractivity contribution in [2.75, 3.05) is 5.75 Å². The van der Waals surface area contributed by atoms with Crippen molar-refractivity contribution in [3.8, 4) is 0 Å². The van der Waals surface area contributed by atoms with E-state index < -0.39 is 0 Å². The average Bonchev–Trinajstić information content (AvgIpc) is 2.88. The van der Waals surface area contributed by atoms with Gasteiger partial charge >= 0.3 is 0 Å². The summed E-state index contributed by atoms with van der Waals surface area (Å²) >= 11 is 8.16. The highest BCUT2D eigenvalue weighted by Crippen LogP contribution is 2.39. The van der Waals surface area contributed by atoms with E-state index in [1.165, 1.54) is 36.3 Å². The van der Waals surface area contributed by atoms with Crippen molar-refractivity contribution >= 4 is 23.4 Å². The number of hydrogen-bond acceptors (Lipinski definition) is 3. The number of fused-ring (bicyclic) bond motifs is 1. The first-order chi connectivity index (χ1) is 7.34. The molecular weight excluding hydrogens is 228 g/mol. The molecule has 1 saturated heterocycles. The van der Waals surface area contributed by atoms with Crippen molar-refractivity contribution < 1.29 is 0 Å². The number of aryl methyl sites for hydroxylation is 1. The van der Waals surface area contributed by atoms with E-state index in [0.29, 0.717) is 10.4 Å². The van der Waals surface area contributed by atoms with E-state index in [4.69, 9.17) is 11.6 Å². The fourth-order valence-electron chi connectivity index (χ4n) is 2.33. The van der Waals surface area contributed by atoms with E-state index >= 15 is 0 Å². The maximum atomic E-state index is 6.19. The quantitative estimate of drug-likeness (QED) is 0.705.